The van der Waals surface area contributed by atoms with Gasteiger partial charge in [-0.05, 0) is 37.5 Å². The van der Waals surface area contributed by atoms with Crippen LogP contribution < -0.4 is 0 Å². The molecule has 0 bridgehead atoms. The van der Waals surface area contributed by atoms with E-state index in [-0.39, 0.29) is 0 Å². The van der Waals surface area contributed by atoms with Crippen LogP contribution in [0.1, 0.15) is 59.3 Å². The number of rotatable bonds is 11. The quantitative estimate of drug-likeness (QED) is 0.174. The Morgan fingerprint density at radius 1 is 0.900 bits per heavy atom. The van der Waals surface area contributed by atoms with Gasteiger partial charge in [-0.25, -0.2) is 0 Å². The molecule has 0 radical (unpaired) electrons. The number of ether oxygens (including phenoxy) is 2. The topological polar surface area (TPSA) is 52.6 Å². The molecule has 0 N–H and O–H groups in total. The third-order valence-electron chi connectivity index (χ3n) is 3.28. The average molecular weight is 398 g/mol. The molecule has 0 aromatic carbocycles. The van der Waals surface area contributed by atoms with Crippen molar-refractivity contribution in [1.29, 1.82) is 0 Å². The maximum Gasteiger partial charge on any atom is 0.323 e. The molecule has 0 rings (SSSR count). The predicted molar refractivity (Wildman–Crippen MR) is 88.0 cm³/mol. The third kappa shape index (κ3) is 5.97. The smallest absolute Gasteiger partial charge is 0.323 e. The van der Waals surface area contributed by atoms with Gasteiger partial charge in [-0.2, -0.15) is 0 Å². The summed E-state index contributed by atoms with van der Waals surface area (Å²) in [4.78, 5) is 24.7. The molecule has 0 saturated carbocycles. The SMILES string of the molecule is CCCCC(CCCCI)(C(=O)OCC)C(=O)OCC. The zero-order valence-corrected chi connectivity index (χ0v) is 15.0. The first-order valence-corrected chi connectivity index (χ1v) is 9.02. The Hall–Kier alpha value is -0.330. The zero-order chi connectivity index (χ0) is 15.4. The van der Waals surface area contributed by atoms with Gasteiger partial charge >= 0.3 is 11.9 Å². The Morgan fingerprint density at radius 3 is 1.80 bits per heavy atom. The van der Waals surface area contributed by atoms with Crippen LogP contribution in [0.5, 0.6) is 0 Å². The Bertz CT molecular complexity index is 274. The van der Waals surface area contributed by atoms with E-state index in [2.05, 4.69) is 22.6 Å². The molecule has 0 saturated heterocycles. The van der Waals surface area contributed by atoms with Crippen molar-refractivity contribution in [3.63, 3.8) is 0 Å². The second-order valence-electron chi connectivity index (χ2n) is 4.77. The van der Waals surface area contributed by atoms with Gasteiger partial charge in [0.2, 0.25) is 0 Å². The molecule has 0 spiro atoms. The number of carbonyl (C=O) groups is 2. The lowest BCUT2D eigenvalue weighted by Crippen LogP contribution is -2.42. The van der Waals surface area contributed by atoms with E-state index in [9.17, 15) is 9.59 Å². The molecule has 0 aliphatic carbocycles. The van der Waals surface area contributed by atoms with E-state index in [4.69, 9.17) is 9.47 Å². The van der Waals surface area contributed by atoms with E-state index in [1.165, 1.54) is 0 Å². The molecular weight excluding hydrogens is 371 g/mol. The summed E-state index contributed by atoms with van der Waals surface area (Å²) in [6.07, 6.45) is 4.63. The fourth-order valence-corrected chi connectivity index (χ4v) is 2.69. The van der Waals surface area contributed by atoms with E-state index < -0.39 is 17.4 Å². The second kappa shape index (κ2) is 11.3. The third-order valence-corrected chi connectivity index (χ3v) is 4.04. The van der Waals surface area contributed by atoms with Gasteiger partial charge in [0.1, 0.15) is 0 Å². The maximum absolute atomic E-state index is 12.4. The van der Waals surface area contributed by atoms with E-state index in [1.807, 2.05) is 6.92 Å². The fraction of sp³-hybridized carbons (Fsp3) is 0.867. The minimum Gasteiger partial charge on any atom is -0.465 e. The van der Waals surface area contributed by atoms with Gasteiger partial charge in [-0.1, -0.05) is 48.8 Å². The summed E-state index contributed by atoms with van der Waals surface area (Å²) in [5.41, 5.74) is -1.10. The van der Waals surface area contributed by atoms with Crippen molar-refractivity contribution in [2.75, 3.05) is 17.6 Å². The van der Waals surface area contributed by atoms with Crippen molar-refractivity contribution < 1.29 is 19.1 Å². The average Bonchev–Trinajstić information content (AvgIpc) is 2.43. The van der Waals surface area contributed by atoms with Crippen molar-refractivity contribution in [3.8, 4) is 0 Å². The molecule has 0 aliphatic rings. The number of esters is 2. The maximum atomic E-state index is 12.4. The van der Waals surface area contributed by atoms with E-state index in [0.29, 0.717) is 26.1 Å². The number of hydrogen-bond acceptors (Lipinski definition) is 4. The van der Waals surface area contributed by atoms with Gasteiger partial charge in [0.25, 0.3) is 0 Å². The fourth-order valence-electron chi connectivity index (χ4n) is 2.15. The van der Waals surface area contributed by atoms with Crippen molar-refractivity contribution in [2.45, 2.75) is 59.3 Å². The second-order valence-corrected chi connectivity index (χ2v) is 5.85. The predicted octanol–water partition coefficient (Wildman–Crippen LogP) is 3.89. The molecule has 118 valence electrons. The molecular formula is C15H27IO4. The van der Waals surface area contributed by atoms with Crippen LogP contribution in [0.4, 0.5) is 0 Å². The number of unbranched alkanes of at least 4 members (excludes halogenated alkanes) is 2. The summed E-state index contributed by atoms with van der Waals surface area (Å²) in [5.74, 6) is -0.833. The lowest BCUT2D eigenvalue weighted by Gasteiger charge is -2.29. The molecule has 0 unspecified atom stereocenters. The summed E-state index contributed by atoms with van der Waals surface area (Å²) < 4.78 is 11.3. The van der Waals surface area contributed by atoms with Gasteiger partial charge in [0.15, 0.2) is 5.41 Å². The first-order valence-electron chi connectivity index (χ1n) is 7.49. The van der Waals surface area contributed by atoms with Gasteiger partial charge in [0.05, 0.1) is 13.2 Å². The van der Waals surface area contributed by atoms with E-state index in [1.54, 1.807) is 13.8 Å². The Balaban J connectivity index is 5.14. The van der Waals surface area contributed by atoms with Crippen molar-refractivity contribution >= 4 is 34.5 Å². The normalized spacial score (nSPS) is 11.2. The molecule has 0 aliphatic heterocycles. The van der Waals surface area contributed by atoms with Crippen molar-refractivity contribution in [1.82, 2.24) is 0 Å². The summed E-state index contributed by atoms with van der Waals surface area (Å²) in [7, 11) is 0. The van der Waals surface area contributed by atoms with E-state index >= 15 is 0 Å². The van der Waals surface area contributed by atoms with Crippen LogP contribution in [-0.2, 0) is 19.1 Å². The van der Waals surface area contributed by atoms with Crippen LogP contribution in [-0.4, -0.2) is 29.6 Å². The lowest BCUT2D eigenvalue weighted by atomic mass is 9.78. The molecule has 0 atom stereocenters. The molecule has 0 heterocycles. The molecule has 0 amide bonds. The van der Waals surface area contributed by atoms with Crippen LogP contribution in [0.3, 0.4) is 0 Å². The summed E-state index contributed by atoms with van der Waals surface area (Å²) >= 11 is 2.30. The van der Waals surface area contributed by atoms with Gasteiger partial charge in [0, 0.05) is 0 Å². The van der Waals surface area contributed by atoms with Crippen LogP contribution in [0, 0.1) is 5.41 Å². The first-order chi connectivity index (χ1) is 9.58. The minimum atomic E-state index is -1.10. The Labute approximate surface area is 136 Å². The number of carbonyl (C=O) groups excluding carboxylic acids is 2. The summed E-state index contributed by atoms with van der Waals surface area (Å²) in [6, 6.07) is 0. The molecule has 20 heavy (non-hydrogen) atoms. The molecule has 4 nitrogen and oxygen atoms in total. The number of halogens is 1. The number of alkyl halides is 1. The Kier molecular flexibility index (Phi) is 11.2. The highest BCUT2D eigenvalue weighted by molar-refractivity contribution is 14.1. The summed E-state index contributed by atoms with van der Waals surface area (Å²) in [5, 5.41) is 0. The zero-order valence-electron chi connectivity index (χ0n) is 12.9. The van der Waals surface area contributed by atoms with Gasteiger partial charge < -0.3 is 9.47 Å². The highest BCUT2D eigenvalue weighted by atomic mass is 127. The number of hydrogen-bond donors (Lipinski definition) is 0. The minimum absolute atomic E-state index is 0.290. The largest absolute Gasteiger partial charge is 0.465 e. The first kappa shape index (κ1) is 19.7. The van der Waals surface area contributed by atoms with Crippen LogP contribution in [0.2, 0.25) is 0 Å². The lowest BCUT2D eigenvalue weighted by molar-refractivity contribution is -0.173. The highest BCUT2D eigenvalue weighted by Crippen LogP contribution is 2.34. The van der Waals surface area contributed by atoms with Crippen LogP contribution in [0.15, 0.2) is 0 Å². The molecule has 0 fully saturated rings. The van der Waals surface area contributed by atoms with Crippen molar-refractivity contribution in [2.24, 2.45) is 5.41 Å². The molecule has 5 heteroatoms. The van der Waals surface area contributed by atoms with Crippen LogP contribution in [0.25, 0.3) is 0 Å². The summed E-state index contributed by atoms with van der Waals surface area (Å²) in [6.45, 7) is 6.15. The van der Waals surface area contributed by atoms with Gasteiger partial charge in [-0.15, -0.1) is 0 Å². The van der Waals surface area contributed by atoms with Crippen molar-refractivity contribution in [3.05, 3.63) is 0 Å². The van der Waals surface area contributed by atoms with Gasteiger partial charge in [-0.3, -0.25) is 9.59 Å². The molecule has 0 aromatic rings. The Morgan fingerprint density at radius 2 is 1.40 bits per heavy atom. The standard InChI is InChI=1S/C15H27IO4/c1-4-7-10-15(11-8-9-12-16,13(17)19-5-2)14(18)20-6-3/h4-12H2,1-3H3. The van der Waals surface area contributed by atoms with E-state index in [0.717, 1.165) is 30.1 Å². The molecule has 0 aromatic heterocycles. The monoisotopic (exact) mass is 398 g/mol. The highest BCUT2D eigenvalue weighted by Gasteiger charge is 2.47. The van der Waals surface area contributed by atoms with Crippen LogP contribution >= 0.6 is 22.6 Å².